The first-order valence-electron chi connectivity index (χ1n) is 14.4. The number of hydrogen-bond donors (Lipinski definition) is 0. The highest BCUT2D eigenvalue weighted by Gasteiger charge is 2.33. The Morgan fingerprint density at radius 3 is 1.78 bits per heavy atom. The Morgan fingerprint density at radius 1 is 0.784 bits per heavy atom. The van der Waals surface area contributed by atoms with E-state index in [9.17, 15) is 26.3 Å². The quantitative estimate of drug-likeness (QED) is 0.316. The van der Waals surface area contributed by atoms with Gasteiger partial charge in [-0.15, -0.1) is 13.2 Å². The molecule has 3 aliphatic rings. The Balaban J connectivity index is 0.000000206. The molecule has 212 valence electrons. The summed E-state index contributed by atoms with van der Waals surface area (Å²) in [5, 5.41) is 0. The third-order valence-corrected chi connectivity index (χ3v) is 8.97. The van der Waals surface area contributed by atoms with Crippen LogP contribution in [0.25, 0.3) is 0 Å². The molecule has 0 unspecified atom stereocenters. The van der Waals surface area contributed by atoms with E-state index >= 15 is 0 Å². The number of benzene rings is 1. The summed E-state index contributed by atoms with van der Waals surface area (Å²) < 4.78 is 78.4. The Labute approximate surface area is 218 Å². The van der Waals surface area contributed by atoms with Crippen LogP contribution in [0.3, 0.4) is 0 Å². The summed E-state index contributed by atoms with van der Waals surface area (Å²) >= 11 is 0. The van der Waals surface area contributed by atoms with E-state index in [2.05, 4.69) is 11.7 Å². The van der Waals surface area contributed by atoms with Crippen LogP contribution in [0.15, 0.2) is 18.2 Å². The van der Waals surface area contributed by atoms with Gasteiger partial charge in [-0.05, 0) is 105 Å². The van der Waals surface area contributed by atoms with Gasteiger partial charge in [0.1, 0.15) is 6.17 Å². The molecule has 0 atom stereocenters. The van der Waals surface area contributed by atoms with Crippen molar-refractivity contribution in [1.82, 2.24) is 0 Å². The Kier molecular flexibility index (Phi) is 12.0. The van der Waals surface area contributed by atoms with Gasteiger partial charge in [0.25, 0.3) is 0 Å². The minimum Gasteiger partial charge on any atom is -0.403 e. The number of rotatable bonds is 7. The monoisotopic (exact) mass is 534 g/mol. The van der Waals surface area contributed by atoms with E-state index in [4.69, 9.17) is 0 Å². The molecule has 0 heterocycles. The van der Waals surface area contributed by atoms with Crippen molar-refractivity contribution < 1.29 is 31.1 Å². The highest BCUT2D eigenvalue weighted by atomic mass is 19.4. The number of hydrogen-bond acceptors (Lipinski definition) is 1. The molecule has 1 aromatic carbocycles. The first-order valence-corrected chi connectivity index (χ1v) is 14.4. The summed E-state index contributed by atoms with van der Waals surface area (Å²) in [4.78, 5) is 0. The maximum absolute atomic E-state index is 13.5. The third-order valence-electron chi connectivity index (χ3n) is 8.97. The maximum Gasteiger partial charge on any atom is 0.573 e. The summed E-state index contributed by atoms with van der Waals surface area (Å²) in [5.74, 6) is 1.87. The lowest BCUT2D eigenvalue weighted by Gasteiger charge is -2.37. The van der Waals surface area contributed by atoms with Crippen molar-refractivity contribution in [1.29, 1.82) is 0 Å². The van der Waals surface area contributed by atoms with Gasteiger partial charge in [0, 0.05) is 0 Å². The van der Waals surface area contributed by atoms with Crippen LogP contribution in [0, 0.1) is 29.5 Å². The summed E-state index contributed by atoms with van der Waals surface area (Å²) in [6.07, 6.45) is 11.3. The first kappa shape index (κ1) is 30.1. The molecule has 0 radical (unpaired) electrons. The van der Waals surface area contributed by atoms with E-state index < -0.39 is 24.1 Å². The molecule has 0 spiro atoms. The van der Waals surface area contributed by atoms with Crippen LogP contribution in [0.5, 0.6) is 5.75 Å². The molecule has 0 aromatic heterocycles. The lowest BCUT2D eigenvalue weighted by atomic mass is 9.68. The lowest BCUT2D eigenvalue weighted by Crippen LogP contribution is -2.26. The predicted octanol–water partition coefficient (Wildman–Crippen LogP) is 10.5. The zero-order chi connectivity index (χ0) is 26.8. The van der Waals surface area contributed by atoms with E-state index in [-0.39, 0.29) is 12.6 Å². The van der Waals surface area contributed by atoms with Gasteiger partial charge in [-0.1, -0.05) is 51.5 Å². The largest absolute Gasteiger partial charge is 0.573 e. The van der Waals surface area contributed by atoms with E-state index in [1.54, 1.807) is 0 Å². The summed E-state index contributed by atoms with van der Waals surface area (Å²) in [7, 11) is 0. The molecule has 3 saturated carbocycles. The fourth-order valence-electron chi connectivity index (χ4n) is 6.82. The van der Waals surface area contributed by atoms with Crippen molar-refractivity contribution in [2.45, 2.75) is 122 Å². The van der Waals surface area contributed by atoms with Crippen molar-refractivity contribution in [3.05, 3.63) is 29.6 Å². The zero-order valence-corrected chi connectivity index (χ0v) is 22.2. The molecular weight excluding hydrogens is 490 g/mol. The highest BCUT2D eigenvalue weighted by molar-refractivity contribution is 5.31. The molecule has 0 saturated heterocycles. The molecule has 1 nitrogen and oxygen atoms in total. The van der Waals surface area contributed by atoms with Crippen LogP contribution in [0.1, 0.15) is 115 Å². The van der Waals surface area contributed by atoms with Gasteiger partial charge in [0.05, 0.1) is 6.67 Å². The number of halogens is 6. The molecule has 3 fully saturated rings. The van der Waals surface area contributed by atoms with E-state index in [0.29, 0.717) is 37.2 Å². The van der Waals surface area contributed by atoms with Gasteiger partial charge in [-0.25, -0.2) is 8.78 Å². The summed E-state index contributed by atoms with van der Waals surface area (Å²) in [6.45, 7) is 2.22. The van der Waals surface area contributed by atoms with Crippen LogP contribution in [-0.4, -0.2) is 19.2 Å². The van der Waals surface area contributed by atoms with Gasteiger partial charge in [0.15, 0.2) is 11.6 Å². The normalized spacial score (nSPS) is 30.8. The highest BCUT2D eigenvalue weighted by Crippen LogP contribution is 2.43. The average Bonchev–Trinajstić information content (AvgIpc) is 2.87. The van der Waals surface area contributed by atoms with Gasteiger partial charge < -0.3 is 4.74 Å². The van der Waals surface area contributed by atoms with Crippen molar-refractivity contribution in [2.75, 3.05) is 6.67 Å². The molecule has 0 bridgehead atoms. The number of alkyl halides is 5. The molecule has 7 heteroatoms. The van der Waals surface area contributed by atoms with E-state index in [0.717, 1.165) is 36.3 Å². The van der Waals surface area contributed by atoms with Crippen LogP contribution in [0.4, 0.5) is 26.3 Å². The molecule has 0 amide bonds. The van der Waals surface area contributed by atoms with Gasteiger partial charge in [-0.3, -0.25) is 4.39 Å². The average molecular weight is 535 g/mol. The van der Waals surface area contributed by atoms with Crippen LogP contribution < -0.4 is 4.74 Å². The van der Waals surface area contributed by atoms with Gasteiger partial charge in [-0.2, -0.15) is 0 Å². The van der Waals surface area contributed by atoms with Gasteiger partial charge in [0.2, 0.25) is 0 Å². The smallest absolute Gasteiger partial charge is 0.403 e. The van der Waals surface area contributed by atoms with Gasteiger partial charge >= 0.3 is 6.36 Å². The van der Waals surface area contributed by atoms with E-state index in [1.807, 2.05) is 0 Å². The van der Waals surface area contributed by atoms with Crippen LogP contribution in [-0.2, 0) is 0 Å². The second-order valence-corrected chi connectivity index (χ2v) is 11.5. The van der Waals surface area contributed by atoms with E-state index in [1.165, 1.54) is 70.3 Å². The van der Waals surface area contributed by atoms with Crippen LogP contribution in [0.2, 0.25) is 0 Å². The second-order valence-electron chi connectivity index (χ2n) is 11.5. The van der Waals surface area contributed by atoms with Crippen molar-refractivity contribution in [3.63, 3.8) is 0 Å². The lowest BCUT2D eigenvalue weighted by molar-refractivity contribution is -0.275. The fourth-order valence-corrected chi connectivity index (χ4v) is 6.82. The zero-order valence-electron chi connectivity index (χ0n) is 22.2. The Hall–Kier alpha value is -1.40. The summed E-state index contributed by atoms with van der Waals surface area (Å²) in [5.41, 5.74) is 0.596. The number of ether oxygens (including phenoxy) is 1. The molecule has 0 aliphatic heterocycles. The second kappa shape index (κ2) is 14.7. The molecule has 3 aliphatic carbocycles. The third kappa shape index (κ3) is 10.0. The van der Waals surface area contributed by atoms with Crippen LogP contribution >= 0.6 is 0 Å². The minimum absolute atomic E-state index is 0.00133. The SMILES string of the molecule is CCCC1CCC(C2CCC(CCF)CC2)CC1.Fc1cc(C2CCC(F)CC2)ccc1OC(F)(F)F. The minimum atomic E-state index is -4.91. The van der Waals surface area contributed by atoms with Crippen molar-refractivity contribution in [2.24, 2.45) is 23.7 Å². The molecule has 4 rings (SSSR count). The van der Waals surface area contributed by atoms with Crippen molar-refractivity contribution in [3.8, 4) is 5.75 Å². The topological polar surface area (TPSA) is 9.23 Å². The maximum atomic E-state index is 13.5. The molecule has 1 aromatic rings. The molecule has 37 heavy (non-hydrogen) atoms. The van der Waals surface area contributed by atoms with Crippen molar-refractivity contribution >= 4 is 0 Å². The standard InChI is InChI=1S/C17H31F.C13H13F5O/c1-2-3-14-4-8-16(9-5-14)17-10-6-15(7-11-17)12-13-18;14-10-4-1-8(2-5-10)9-3-6-12(11(15)7-9)19-13(16,17)18/h14-17H,2-13H2,1H3;3,6-8,10H,1-2,4-5H2. The Bertz CT molecular complexity index is 749. The summed E-state index contributed by atoms with van der Waals surface area (Å²) in [6, 6.07) is 3.43. The fraction of sp³-hybridized carbons (Fsp3) is 0.800. The molecular formula is C30H44F6O. The Morgan fingerprint density at radius 2 is 1.32 bits per heavy atom. The molecule has 0 N–H and O–H groups in total. The first-order chi connectivity index (χ1) is 17.7. The predicted molar refractivity (Wildman–Crippen MR) is 136 cm³/mol.